The van der Waals surface area contributed by atoms with Crippen LogP contribution < -0.4 is 25.2 Å². The average molecular weight is 470 g/mol. The largest absolute Gasteiger partial charge is 0.439 e. The van der Waals surface area contributed by atoms with Crippen molar-refractivity contribution >= 4 is 29.4 Å². The molecular formula is C25H22N6O4. The van der Waals surface area contributed by atoms with Crippen molar-refractivity contribution in [2.45, 2.75) is 31.5 Å². The van der Waals surface area contributed by atoms with E-state index in [1.54, 1.807) is 29.4 Å². The Morgan fingerprint density at radius 3 is 2.49 bits per heavy atom. The predicted molar refractivity (Wildman–Crippen MR) is 126 cm³/mol. The highest BCUT2D eigenvalue weighted by atomic mass is 16.5. The van der Waals surface area contributed by atoms with Gasteiger partial charge >= 0.3 is 6.03 Å². The second-order valence-electron chi connectivity index (χ2n) is 8.78. The predicted octanol–water partition coefficient (Wildman–Crippen LogP) is 2.49. The lowest BCUT2D eigenvalue weighted by Gasteiger charge is -2.38. The number of urea groups is 1. The van der Waals surface area contributed by atoms with Crippen molar-refractivity contribution in [3.8, 4) is 11.6 Å². The average Bonchev–Trinajstić information content (AvgIpc) is 3.49. The highest BCUT2D eigenvalue weighted by molar-refractivity contribution is 6.24. The minimum atomic E-state index is -1.45. The van der Waals surface area contributed by atoms with Crippen molar-refractivity contribution in [3.63, 3.8) is 0 Å². The lowest BCUT2D eigenvalue weighted by Crippen LogP contribution is -2.71. The molecule has 0 radical (unpaired) electrons. The first-order valence-electron chi connectivity index (χ1n) is 11.4. The van der Waals surface area contributed by atoms with Crippen molar-refractivity contribution in [2.75, 3.05) is 16.3 Å². The molecule has 0 bridgehead atoms. The maximum Gasteiger partial charge on any atom is 0.328 e. The van der Waals surface area contributed by atoms with Gasteiger partial charge in [-0.15, -0.1) is 0 Å². The first kappa shape index (κ1) is 21.1. The van der Waals surface area contributed by atoms with E-state index in [1.807, 2.05) is 30.3 Å². The smallest absolute Gasteiger partial charge is 0.328 e. The molecule has 3 aliphatic rings. The second-order valence-corrected chi connectivity index (χ2v) is 8.78. The number of hydrogen-bond donors (Lipinski definition) is 2. The molecule has 3 aliphatic heterocycles. The van der Waals surface area contributed by atoms with Gasteiger partial charge in [0, 0.05) is 31.9 Å². The lowest BCUT2D eigenvalue weighted by molar-refractivity contribution is -0.137. The molecule has 2 fully saturated rings. The number of aromatic nitrogens is 2. The van der Waals surface area contributed by atoms with Gasteiger partial charge in [0.25, 0.3) is 11.8 Å². The van der Waals surface area contributed by atoms with Crippen molar-refractivity contribution in [3.05, 3.63) is 72.1 Å². The number of pyridine rings is 2. The molecule has 10 heteroatoms. The molecule has 176 valence electrons. The quantitative estimate of drug-likeness (QED) is 0.559. The summed E-state index contributed by atoms with van der Waals surface area (Å²) in [5.74, 6) is 0.792. The minimum Gasteiger partial charge on any atom is -0.439 e. The topological polar surface area (TPSA) is 117 Å². The molecule has 0 atom stereocenters. The Morgan fingerprint density at radius 2 is 1.74 bits per heavy atom. The van der Waals surface area contributed by atoms with Crippen LogP contribution in [0.4, 0.5) is 16.3 Å². The normalized spacial score (nSPS) is 18.5. The van der Waals surface area contributed by atoms with Gasteiger partial charge in [-0.3, -0.25) is 20.2 Å². The summed E-state index contributed by atoms with van der Waals surface area (Å²) >= 11 is 0. The van der Waals surface area contributed by atoms with Crippen molar-refractivity contribution < 1.29 is 19.1 Å². The zero-order valence-electron chi connectivity index (χ0n) is 18.7. The monoisotopic (exact) mass is 470 g/mol. The number of amides is 4. The maximum atomic E-state index is 12.7. The van der Waals surface area contributed by atoms with Crippen molar-refractivity contribution in [1.82, 2.24) is 20.6 Å². The van der Waals surface area contributed by atoms with Crippen LogP contribution in [0, 0.1) is 0 Å². The van der Waals surface area contributed by atoms with Crippen LogP contribution in [0.25, 0.3) is 0 Å². The summed E-state index contributed by atoms with van der Waals surface area (Å²) < 4.78 is 5.99. The molecule has 1 aromatic carbocycles. The summed E-state index contributed by atoms with van der Waals surface area (Å²) in [6.45, 7) is 2.04. The Morgan fingerprint density at radius 1 is 0.914 bits per heavy atom. The number of carbonyl (C=O) groups is 3. The minimum absolute atomic E-state index is 0.320. The Balaban J connectivity index is 1.18. The first-order chi connectivity index (χ1) is 17.0. The molecular weight excluding hydrogens is 448 g/mol. The molecule has 2 saturated heterocycles. The summed E-state index contributed by atoms with van der Waals surface area (Å²) in [5.41, 5.74) is 1.56. The third-order valence-corrected chi connectivity index (χ3v) is 6.71. The third-order valence-electron chi connectivity index (χ3n) is 6.71. The molecule has 3 aromatic rings. The summed E-state index contributed by atoms with van der Waals surface area (Å²) in [6, 6.07) is 14.5. The summed E-state index contributed by atoms with van der Waals surface area (Å²) in [6.07, 6.45) is 4.33. The molecule has 5 heterocycles. The van der Waals surface area contributed by atoms with E-state index in [0.717, 1.165) is 18.9 Å². The molecule has 2 N–H and O–H groups in total. The first-order valence-corrected chi connectivity index (χ1v) is 11.4. The van der Waals surface area contributed by atoms with Crippen LogP contribution in [-0.4, -0.2) is 39.9 Å². The number of carbonyl (C=O) groups excluding carboxylic acids is 3. The van der Waals surface area contributed by atoms with Gasteiger partial charge < -0.3 is 14.5 Å². The highest BCUT2D eigenvalue weighted by Gasteiger charge is 2.57. The maximum absolute atomic E-state index is 12.7. The Kier molecular flexibility index (Phi) is 4.87. The van der Waals surface area contributed by atoms with Gasteiger partial charge in [-0.1, -0.05) is 12.1 Å². The fourth-order valence-electron chi connectivity index (χ4n) is 5.04. The van der Waals surface area contributed by atoms with E-state index in [1.165, 1.54) is 11.1 Å². The van der Waals surface area contributed by atoms with E-state index in [4.69, 9.17) is 4.74 Å². The molecule has 0 saturated carbocycles. The third kappa shape index (κ3) is 3.54. The Bertz CT molecular complexity index is 1310. The van der Waals surface area contributed by atoms with Crippen LogP contribution in [0.5, 0.6) is 11.6 Å². The number of barbiturate groups is 1. The fraction of sp³-hybridized carbons (Fsp3) is 0.240. The van der Waals surface area contributed by atoms with Gasteiger partial charge in [0.1, 0.15) is 11.6 Å². The molecule has 0 aliphatic carbocycles. The van der Waals surface area contributed by atoms with Gasteiger partial charge in [-0.25, -0.2) is 14.8 Å². The lowest BCUT2D eigenvalue weighted by atomic mass is 9.92. The Hall–Kier alpha value is -4.47. The number of imide groups is 2. The number of ether oxygens (including phenoxy) is 1. The molecule has 4 amide bonds. The summed E-state index contributed by atoms with van der Waals surface area (Å²) in [5, 5.41) is 4.43. The molecule has 6 rings (SSSR count). The second kappa shape index (κ2) is 8.08. The van der Waals surface area contributed by atoms with Gasteiger partial charge in [0.15, 0.2) is 5.54 Å². The van der Waals surface area contributed by atoms with Crippen LogP contribution in [0.2, 0.25) is 0 Å². The van der Waals surface area contributed by atoms with E-state index in [9.17, 15) is 14.4 Å². The van der Waals surface area contributed by atoms with Crippen LogP contribution >= 0.6 is 0 Å². The van der Waals surface area contributed by atoms with E-state index in [0.29, 0.717) is 36.7 Å². The van der Waals surface area contributed by atoms with Gasteiger partial charge in [-0.05, 0) is 54.3 Å². The summed E-state index contributed by atoms with van der Waals surface area (Å²) in [4.78, 5) is 49.6. The van der Waals surface area contributed by atoms with Crippen LogP contribution in [0.15, 0.2) is 60.9 Å². The van der Waals surface area contributed by atoms with Crippen molar-refractivity contribution in [2.24, 2.45) is 0 Å². The standard InChI is InChI=1S/C25H22N6O4/c32-22-25(23(33)29-24(34)28-22)9-3-11-31(25)18-6-8-21(27-13-18)35-19-7-5-16-14-30(15-17(16)12-19)20-4-1-2-10-26-20/h1-2,4-8,10,12-13H,3,9,11,14-15H2,(H2,28,29,32,33,34). The van der Waals surface area contributed by atoms with Crippen LogP contribution in [-0.2, 0) is 22.7 Å². The Labute approximate surface area is 200 Å². The van der Waals surface area contributed by atoms with Gasteiger partial charge in [0.2, 0.25) is 5.88 Å². The van der Waals surface area contributed by atoms with Crippen LogP contribution in [0.1, 0.15) is 24.0 Å². The number of anilines is 2. The van der Waals surface area contributed by atoms with E-state index >= 15 is 0 Å². The molecule has 0 unspecified atom stereocenters. The number of fused-ring (bicyclic) bond motifs is 1. The zero-order valence-corrected chi connectivity index (χ0v) is 18.7. The number of benzene rings is 1. The van der Waals surface area contributed by atoms with E-state index in [2.05, 4.69) is 31.6 Å². The van der Waals surface area contributed by atoms with Crippen LogP contribution in [0.3, 0.4) is 0 Å². The van der Waals surface area contributed by atoms with Gasteiger partial charge in [-0.2, -0.15) is 0 Å². The fourth-order valence-corrected chi connectivity index (χ4v) is 5.04. The molecule has 1 spiro atoms. The van der Waals surface area contributed by atoms with Crippen molar-refractivity contribution in [1.29, 1.82) is 0 Å². The van der Waals surface area contributed by atoms with E-state index in [-0.39, 0.29) is 0 Å². The molecule has 35 heavy (non-hydrogen) atoms. The zero-order chi connectivity index (χ0) is 24.0. The number of nitrogens with zero attached hydrogens (tertiary/aromatic N) is 4. The van der Waals surface area contributed by atoms with Gasteiger partial charge in [0.05, 0.1) is 11.9 Å². The van der Waals surface area contributed by atoms with E-state index < -0.39 is 23.4 Å². The number of rotatable bonds is 4. The summed E-state index contributed by atoms with van der Waals surface area (Å²) in [7, 11) is 0. The SMILES string of the molecule is O=C1NC(=O)C2(CCCN2c2ccc(Oc3ccc4c(c3)CN(c3ccccn3)C4)nc2)C(=O)N1. The number of nitrogens with one attached hydrogen (secondary N) is 2. The molecule has 2 aromatic heterocycles. The number of hydrogen-bond acceptors (Lipinski definition) is 8. The highest BCUT2D eigenvalue weighted by Crippen LogP contribution is 2.37. The molecule has 10 nitrogen and oxygen atoms in total.